The molecule has 0 N–H and O–H groups in total. The average Bonchev–Trinajstić information content (AvgIpc) is 3.32. The van der Waals surface area contributed by atoms with Crippen LogP contribution in [0.25, 0.3) is 0 Å². The maximum absolute atomic E-state index is 13.5. The number of carbonyl (C=O) groups is 4. The Labute approximate surface area is 382 Å². The molecular weight excluding hydrogens is 849 g/mol. The van der Waals surface area contributed by atoms with Gasteiger partial charge in [-0.3, -0.25) is 0 Å². The third kappa shape index (κ3) is 13.7. The molecule has 0 aromatic heterocycles. The second-order valence-corrected chi connectivity index (χ2v) is 14.0. The first kappa shape index (κ1) is 47.5. The predicted octanol–water partition coefficient (Wildman–Crippen LogP) is 10.4. The number of hydrogen-bond donors (Lipinski definition) is 0. The van der Waals surface area contributed by atoms with Gasteiger partial charge in [-0.25, -0.2) is 19.2 Å². The molecule has 0 spiro atoms. The summed E-state index contributed by atoms with van der Waals surface area (Å²) in [6.45, 7) is 9.59. The van der Waals surface area contributed by atoms with Crippen molar-refractivity contribution in [2.45, 2.75) is 40.5 Å². The molecule has 0 aliphatic rings. The fourth-order valence-corrected chi connectivity index (χ4v) is 6.18. The topological polar surface area (TPSA) is 161 Å². The summed E-state index contributed by atoms with van der Waals surface area (Å²) in [7, 11) is 0. The minimum atomic E-state index is -0.713. The van der Waals surface area contributed by atoms with Gasteiger partial charge in [0.2, 0.25) is 0 Å². The molecule has 66 heavy (non-hydrogen) atoms. The molecule has 14 heteroatoms. The van der Waals surface area contributed by atoms with E-state index in [1.165, 1.54) is 36.4 Å². The molecule has 342 valence electrons. The SMILES string of the molecule is CCOc1ccc(OC(=O)c2ccc(C(=O)Oc3ccc(OCC)cc3)c(OCCCCOc3cc(C(=O)Oc4ccc(OCC)cc4)ccc3C(=O)Oc3ccc(OCC)cc3)c2)cc1. The molecule has 0 heterocycles. The van der Waals surface area contributed by atoms with Gasteiger partial charge in [-0.15, -0.1) is 0 Å². The Morgan fingerprint density at radius 3 is 0.848 bits per heavy atom. The summed E-state index contributed by atoms with van der Waals surface area (Å²) in [6, 6.07) is 35.0. The minimum Gasteiger partial charge on any atom is -0.494 e. The number of rotatable bonds is 23. The van der Waals surface area contributed by atoms with E-state index in [0.29, 0.717) is 73.8 Å². The van der Waals surface area contributed by atoms with Crippen LogP contribution in [0.5, 0.6) is 57.5 Å². The Morgan fingerprint density at radius 2 is 0.576 bits per heavy atom. The monoisotopic (exact) mass is 898 g/mol. The fourth-order valence-electron chi connectivity index (χ4n) is 6.18. The first-order chi connectivity index (χ1) is 32.2. The third-order valence-corrected chi connectivity index (χ3v) is 9.31. The first-order valence-corrected chi connectivity index (χ1v) is 21.5. The van der Waals surface area contributed by atoms with Crippen molar-refractivity contribution in [3.63, 3.8) is 0 Å². The lowest BCUT2D eigenvalue weighted by Crippen LogP contribution is -2.15. The van der Waals surface area contributed by atoms with Crippen LogP contribution in [0.3, 0.4) is 0 Å². The lowest BCUT2D eigenvalue weighted by atomic mass is 10.1. The molecule has 0 fully saturated rings. The fraction of sp³-hybridized carbons (Fsp3) is 0.231. The van der Waals surface area contributed by atoms with Gasteiger partial charge in [0, 0.05) is 0 Å². The van der Waals surface area contributed by atoms with E-state index in [9.17, 15) is 19.2 Å². The van der Waals surface area contributed by atoms with E-state index >= 15 is 0 Å². The molecular formula is C52H50O14. The molecule has 0 saturated carbocycles. The summed E-state index contributed by atoms with van der Waals surface area (Å²) in [4.78, 5) is 53.5. The summed E-state index contributed by atoms with van der Waals surface area (Å²) in [5.74, 6) is 1.06. The van der Waals surface area contributed by atoms with Crippen molar-refractivity contribution >= 4 is 23.9 Å². The van der Waals surface area contributed by atoms with Crippen molar-refractivity contribution < 1.29 is 66.5 Å². The molecule has 0 aliphatic heterocycles. The molecule has 0 unspecified atom stereocenters. The van der Waals surface area contributed by atoms with Gasteiger partial charge in [0.1, 0.15) is 68.6 Å². The van der Waals surface area contributed by atoms with E-state index in [-0.39, 0.29) is 58.5 Å². The van der Waals surface area contributed by atoms with Crippen LogP contribution in [0.4, 0.5) is 0 Å². The highest BCUT2D eigenvalue weighted by molar-refractivity contribution is 5.98. The largest absolute Gasteiger partial charge is 0.494 e. The predicted molar refractivity (Wildman–Crippen MR) is 243 cm³/mol. The molecule has 0 saturated heterocycles. The summed E-state index contributed by atoms with van der Waals surface area (Å²) in [6.07, 6.45) is 0.805. The number of carbonyl (C=O) groups excluding carboxylic acids is 4. The quantitative estimate of drug-likeness (QED) is 0.0339. The Kier molecular flexibility index (Phi) is 17.4. The minimum absolute atomic E-state index is 0.0716. The second-order valence-electron chi connectivity index (χ2n) is 14.0. The molecule has 14 nitrogen and oxygen atoms in total. The number of unbranched alkanes of at least 4 members (excludes halogenated alkanes) is 1. The Bertz CT molecular complexity index is 2360. The van der Waals surface area contributed by atoms with E-state index in [1.807, 2.05) is 27.7 Å². The smallest absolute Gasteiger partial charge is 0.347 e. The Balaban J connectivity index is 1.14. The van der Waals surface area contributed by atoms with Crippen molar-refractivity contribution in [1.82, 2.24) is 0 Å². The number of esters is 4. The van der Waals surface area contributed by atoms with E-state index in [1.54, 1.807) is 97.1 Å². The number of hydrogen-bond acceptors (Lipinski definition) is 14. The van der Waals surface area contributed by atoms with Crippen LogP contribution < -0.4 is 47.4 Å². The molecule has 0 radical (unpaired) electrons. The summed E-state index contributed by atoms with van der Waals surface area (Å²) in [5.41, 5.74) is 0.403. The summed E-state index contributed by atoms with van der Waals surface area (Å²) in [5, 5.41) is 0. The van der Waals surface area contributed by atoms with E-state index < -0.39 is 23.9 Å². The zero-order chi connectivity index (χ0) is 46.7. The highest BCUT2D eigenvalue weighted by Gasteiger charge is 2.22. The van der Waals surface area contributed by atoms with Gasteiger partial charge in [-0.05, 0) is 174 Å². The zero-order valence-electron chi connectivity index (χ0n) is 37.1. The van der Waals surface area contributed by atoms with E-state index in [2.05, 4.69) is 0 Å². The van der Waals surface area contributed by atoms with Crippen LogP contribution in [-0.2, 0) is 0 Å². The van der Waals surface area contributed by atoms with Gasteiger partial charge < -0.3 is 47.4 Å². The van der Waals surface area contributed by atoms with Crippen LogP contribution in [-0.4, -0.2) is 63.5 Å². The standard InChI is InChI=1S/C52H50O14/c1-5-57-37-13-21-41(22-14-37)63-49(53)35-11-29-45(51(55)65-43-25-17-39(18-26-43)59-7-3)47(33-35)61-31-9-10-32-62-48-34-36(50(54)64-42-23-15-38(16-24-42)58-6-2)12-30-46(48)52(56)66-44-27-19-40(20-28-44)60-8-4/h11-30,33-34H,5-10,31-32H2,1-4H3. The van der Waals surface area contributed by atoms with Crippen molar-refractivity contribution in [3.8, 4) is 57.5 Å². The summed E-state index contributed by atoms with van der Waals surface area (Å²) >= 11 is 0. The van der Waals surface area contributed by atoms with Gasteiger partial charge in [0.05, 0.1) is 50.8 Å². The molecule has 0 atom stereocenters. The highest BCUT2D eigenvalue weighted by atomic mass is 16.6. The lowest BCUT2D eigenvalue weighted by molar-refractivity contribution is 0.0715. The average molecular weight is 899 g/mol. The molecule has 6 aromatic rings. The maximum Gasteiger partial charge on any atom is 0.347 e. The van der Waals surface area contributed by atoms with Crippen molar-refractivity contribution in [3.05, 3.63) is 156 Å². The Morgan fingerprint density at radius 1 is 0.318 bits per heavy atom. The van der Waals surface area contributed by atoms with E-state index in [4.69, 9.17) is 47.4 Å². The second kappa shape index (κ2) is 24.2. The van der Waals surface area contributed by atoms with Gasteiger partial charge >= 0.3 is 23.9 Å². The number of ether oxygens (including phenoxy) is 10. The lowest BCUT2D eigenvalue weighted by Gasteiger charge is -2.15. The molecule has 0 bridgehead atoms. The van der Waals surface area contributed by atoms with Crippen molar-refractivity contribution in [2.24, 2.45) is 0 Å². The van der Waals surface area contributed by atoms with Crippen LogP contribution in [0.15, 0.2) is 133 Å². The molecule has 0 amide bonds. The Hall–Kier alpha value is -8.00. The third-order valence-electron chi connectivity index (χ3n) is 9.31. The highest BCUT2D eigenvalue weighted by Crippen LogP contribution is 2.29. The van der Waals surface area contributed by atoms with Crippen molar-refractivity contribution in [1.29, 1.82) is 0 Å². The van der Waals surface area contributed by atoms with Gasteiger partial charge in [0.25, 0.3) is 0 Å². The van der Waals surface area contributed by atoms with Gasteiger partial charge in [-0.2, -0.15) is 0 Å². The van der Waals surface area contributed by atoms with Gasteiger partial charge in [-0.1, -0.05) is 0 Å². The first-order valence-electron chi connectivity index (χ1n) is 21.5. The maximum atomic E-state index is 13.5. The van der Waals surface area contributed by atoms with Crippen LogP contribution in [0.2, 0.25) is 0 Å². The van der Waals surface area contributed by atoms with Gasteiger partial charge in [0.15, 0.2) is 0 Å². The van der Waals surface area contributed by atoms with Crippen LogP contribution >= 0.6 is 0 Å². The molecule has 6 rings (SSSR count). The number of benzene rings is 6. The van der Waals surface area contributed by atoms with Crippen LogP contribution in [0, 0.1) is 0 Å². The molecule has 6 aromatic carbocycles. The molecule has 0 aliphatic carbocycles. The summed E-state index contributed by atoms with van der Waals surface area (Å²) < 4.78 is 56.6. The van der Waals surface area contributed by atoms with Crippen LogP contribution in [0.1, 0.15) is 82.0 Å². The zero-order valence-corrected chi connectivity index (χ0v) is 37.1. The normalized spacial score (nSPS) is 10.5. The van der Waals surface area contributed by atoms with Crippen molar-refractivity contribution in [2.75, 3.05) is 39.6 Å². The van der Waals surface area contributed by atoms with E-state index in [0.717, 1.165) is 0 Å².